The van der Waals surface area contributed by atoms with E-state index < -0.39 is 5.97 Å². The Hall–Kier alpha value is -3.03. The van der Waals surface area contributed by atoms with Crippen molar-refractivity contribution in [3.63, 3.8) is 0 Å². The number of para-hydroxylation sites is 1. The molecule has 8 nitrogen and oxygen atoms in total. The highest BCUT2D eigenvalue weighted by atomic mass is 16.6. The van der Waals surface area contributed by atoms with Crippen molar-refractivity contribution in [1.82, 2.24) is 15.2 Å². The van der Waals surface area contributed by atoms with Gasteiger partial charge in [0.25, 0.3) is 0 Å². The van der Waals surface area contributed by atoms with Crippen molar-refractivity contribution >= 4 is 28.9 Å². The van der Waals surface area contributed by atoms with Gasteiger partial charge in [-0.2, -0.15) is 0 Å². The van der Waals surface area contributed by atoms with Crippen LogP contribution in [0.25, 0.3) is 10.9 Å². The Labute approximate surface area is 156 Å². The van der Waals surface area contributed by atoms with E-state index in [2.05, 4.69) is 10.3 Å². The van der Waals surface area contributed by atoms with Crippen molar-refractivity contribution in [3.8, 4) is 0 Å². The predicted octanol–water partition coefficient (Wildman–Crippen LogP) is 2.15. The molecule has 0 radical (unpaired) electrons. The molecule has 1 fully saturated rings. The number of hydrogen-bond acceptors (Lipinski definition) is 4. The van der Waals surface area contributed by atoms with E-state index in [1.54, 1.807) is 24.0 Å². The number of H-pyrrole nitrogens is 1. The van der Waals surface area contributed by atoms with Gasteiger partial charge in [0, 0.05) is 35.6 Å². The van der Waals surface area contributed by atoms with Gasteiger partial charge in [-0.15, -0.1) is 0 Å². The van der Waals surface area contributed by atoms with Crippen molar-refractivity contribution in [3.05, 3.63) is 35.5 Å². The number of aromatic nitrogens is 1. The van der Waals surface area contributed by atoms with Gasteiger partial charge in [-0.25, -0.2) is 9.59 Å². The lowest BCUT2D eigenvalue weighted by Gasteiger charge is -2.31. The lowest BCUT2D eigenvalue weighted by Crippen LogP contribution is -2.47. The molecule has 2 heterocycles. The molecule has 27 heavy (non-hydrogen) atoms. The molecule has 0 saturated carbocycles. The summed E-state index contributed by atoms with van der Waals surface area (Å²) in [6.45, 7) is 3.15. The summed E-state index contributed by atoms with van der Waals surface area (Å²) in [7, 11) is 0. The summed E-state index contributed by atoms with van der Waals surface area (Å²) in [5, 5.41) is 13.1. The molecule has 1 aliphatic rings. The van der Waals surface area contributed by atoms with E-state index in [0.29, 0.717) is 43.6 Å². The molecule has 1 aliphatic heterocycles. The molecule has 0 spiro atoms. The van der Waals surface area contributed by atoms with E-state index in [1.165, 1.54) is 0 Å². The van der Waals surface area contributed by atoms with E-state index in [9.17, 15) is 19.5 Å². The smallest absolute Gasteiger partial charge is 0.409 e. The van der Waals surface area contributed by atoms with E-state index in [-0.39, 0.29) is 30.2 Å². The number of aromatic carboxylic acids is 1. The molecule has 0 bridgehead atoms. The van der Waals surface area contributed by atoms with Gasteiger partial charge in [-0.3, -0.25) is 4.79 Å². The second-order valence-electron chi connectivity index (χ2n) is 6.53. The number of benzene rings is 1. The number of nitrogens with zero attached hydrogens (tertiary/aromatic N) is 1. The molecule has 1 saturated heterocycles. The van der Waals surface area contributed by atoms with Crippen LogP contribution in [0.5, 0.6) is 0 Å². The molecular formula is C19H23N3O5. The number of likely N-dealkylation sites (tertiary alicyclic amines) is 1. The first-order valence-corrected chi connectivity index (χ1v) is 9.03. The fourth-order valence-corrected chi connectivity index (χ4v) is 3.43. The zero-order valence-corrected chi connectivity index (χ0v) is 15.2. The van der Waals surface area contributed by atoms with Crippen molar-refractivity contribution in [2.45, 2.75) is 32.2 Å². The van der Waals surface area contributed by atoms with Gasteiger partial charge in [-0.1, -0.05) is 18.2 Å². The topological polar surface area (TPSA) is 112 Å². The summed E-state index contributed by atoms with van der Waals surface area (Å²) in [5.74, 6) is -1.31. The minimum absolute atomic E-state index is 0.0102. The number of piperidine rings is 1. The van der Waals surface area contributed by atoms with Crippen LogP contribution in [0.15, 0.2) is 24.3 Å². The molecule has 3 N–H and O–H groups in total. The van der Waals surface area contributed by atoms with Crippen molar-refractivity contribution in [2.75, 3.05) is 19.7 Å². The lowest BCUT2D eigenvalue weighted by molar-refractivity contribution is -0.121. The lowest BCUT2D eigenvalue weighted by atomic mass is 10.0. The van der Waals surface area contributed by atoms with Crippen molar-refractivity contribution in [1.29, 1.82) is 0 Å². The molecule has 2 amide bonds. The van der Waals surface area contributed by atoms with Gasteiger partial charge in [0.15, 0.2) is 0 Å². The monoisotopic (exact) mass is 373 g/mol. The molecule has 144 valence electrons. The molecule has 3 rings (SSSR count). The van der Waals surface area contributed by atoms with E-state index >= 15 is 0 Å². The Morgan fingerprint density at radius 1 is 1.26 bits per heavy atom. The Balaban J connectivity index is 1.62. The zero-order chi connectivity index (χ0) is 19.4. The van der Waals surface area contributed by atoms with Gasteiger partial charge in [0.2, 0.25) is 5.91 Å². The quantitative estimate of drug-likeness (QED) is 0.743. The molecule has 0 aliphatic carbocycles. The second kappa shape index (κ2) is 8.11. The first-order valence-electron chi connectivity index (χ1n) is 9.03. The minimum Gasteiger partial charge on any atom is -0.477 e. The van der Waals surface area contributed by atoms with Gasteiger partial charge in [-0.05, 0) is 25.8 Å². The number of carboxylic acid groups (broad SMARTS) is 1. The van der Waals surface area contributed by atoms with Crippen LogP contribution in [0.3, 0.4) is 0 Å². The highest BCUT2D eigenvalue weighted by Gasteiger charge is 2.25. The van der Waals surface area contributed by atoms with Crippen LogP contribution >= 0.6 is 0 Å². The number of rotatable bonds is 5. The Kier molecular flexibility index (Phi) is 5.63. The summed E-state index contributed by atoms with van der Waals surface area (Å²) >= 11 is 0. The maximum atomic E-state index is 12.5. The average Bonchev–Trinajstić information content (AvgIpc) is 3.01. The zero-order valence-electron chi connectivity index (χ0n) is 15.2. The summed E-state index contributed by atoms with van der Waals surface area (Å²) in [5.41, 5.74) is 1.23. The van der Waals surface area contributed by atoms with Crippen LogP contribution < -0.4 is 5.32 Å². The third-order valence-corrected chi connectivity index (χ3v) is 4.75. The fourth-order valence-electron chi connectivity index (χ4n) is 3.43. The standard InChI is InChI=1S/C19H23N3O5/c1-2-27-19(26)22-9-7-12(8-10-22)20-16(23)11-14-13-5-3-4-6-15(13)21-17(14)18(24)25/h3-6,12,21H,2,7-11H2,1H3,(H,20,23)(H,24,25). The van der Waals surface area contributed by atoms with Gasteiger partial charge < -0.3 is 25.0 Å². The summed E-state index contributed by atoms with van der Waals surface area (Å²) in [6.07, 6.45) is 0.949. The predicted molar refractivity (Wildman–Crippen MR) is 98.7 cm³/mol. The van der Waals surface area contributed by atoms with Crippen molar-refractivity contribution < 1.29 is 24.2 Å². The maximum Gasteiger partial charge on any atom is 0.409 e. The number of carbonyl (C=O) groups is 3. The minimum atomic E-state index is -1.09. The van der Waals surface area contributed by atoms with E-state index in [0.717, 1.165) is 5.39 Å². The van der Waals surface area contributed by atoms with E-state index in [4.69, 9.17) is 4.74 Å². The largest absolute Gasteiger partial charge is 0.477 e. The first-order chi connectivity index (χ1) is 13.0. The number of amides is 2. The van der Waals surface area contributed by atoms with Crippen molar-refractivity contribution in [2.24, 2.45) is 0 Å². The molecule has 8 heteroatoms. The van der Waals surface area contributed by atoms with E-state index in [1.807, 2.05) is 12.1 Å². The second-order valence-corrected chi connectivity index (χ2v) is 6.53. The molecule has 1 aromatic carbocycles. The molecule has 2 aromatic rings. The van der Waals surface area contributed by atoms with Gasteiger partial charge >= 0.3 is 12.1 Å². The SMILES string of the molecule is CCOC(=O)N1CCC(NC(=O)Cc2c(C(=O)O)[nH]c3ccccc23)CC1. The molecule has 0 unspecified atom stereocenters. The number of aromatic amines is 1. The van der Waals surface area contributed by atoms with Gasteiger partial charge in [0.05, 0.1) is 13.0 Å². The Bertz CT molecular complexity index is 852. The third-order valence-electron chi connectivity index (χ3n) is 4.75. The number of nitrogens with one attached hydrogen (secondary N) is 2. The summed E-state index contributed by atoms with van der Waals surface area (Å²) in [4.78, 5) is 40.2. The Morgan fingerprint density at radius 3 is 2.63 bits per heavy atom. The molecule has 0 atom stereocenters. The highest BCUT2D eigenvalue weighted by Crippen LogP contribution is 2.23. The number of fused-ring (bicyclic) bond motifs is 1. The Morgan fingerprint density at radius 2 is 1.96 bits per heavy atom. The van der Waals surface area contributed by atoms with Crippen LogP contribution in [0.2, 0.25) is 0 Å². The summed E-state index contributed by atoms with van der Waals surface area (Å²) in [6, 6.07) is 7.18. The first kappa shape index (κ1) is 18.8. The highest BCUT2D eigenvalue weighted by molar-refractivity contribution is 6.00. The summed E-state index contributed by atoms with van der Waals surface area (Å²) < 4.78 is 4.98. The molecule has 1 aromatic heterocycles. The number of carbonyl (C=O) groups excluding carboxylic acids is 2. The van der Waals surface area contributed by atoms with Crippen LogP contribution in [-0.4, -0.2) is 58.7 Å². The van der Waals surface area contributed by atoms with Crippen LogP contribution in [0.1, 0.15) is 35.8 Å². The number of hydrogen-bond donors (Lipinski definition) is 3. The van der Waals surface area contributed by atoms with Crippen LogP contribution in [0, 0.1) is 0 Å². The van der Waals surface area contributed by atoms with Crippen LogP contribution in [0.4, 0.5) is 4.79 Å². The average molecular weight is 373 g/mol. The molecular weight excluding hydrogens is 350 g/mol. The number of ether oxygens (including phenoxy) is 1. The normalized spacial score (nSPS) is 14.9. The maximum absolute atomic E-state index is 12.5. The third kappa shape index (κ3) is 4.21. The van der Waals surface area contributed by atoms with Crippen LogP contribution in [-0.2, 0) is 16.0 Å². The van der Waals surface area contributed by atoms with Gasteiger partial charge in [0.1, 0.15) is 5.69 Å². The number of carboxylic acids is 1. The fraction of sp³-hybridized carbons (Fsp3) is 0.421.